The highest BCUT2D eigenvalue weighted by Crippen LogP contribution is 2.13. The SMILES string of the molecule is CCCCOC(=O)NC1CCN(C(=O)CCc2ccc(C)cc2)CC1. The number of piperidine rings is 1. The van der Waals surface area contributed by atoms with E-state index in [1.165, 1.54) is 11.1 Å². The molecule has 0 saturated carbocycles. The number of likely N-dealkylation sites (tertiary alicyclic amines) is 1. The maximum Gasteiger partial charge on any atom is 0.407 e. The fourth-order valence-corrected chi connectivity index (χ4v) is 2.95. The minimum atomic E-state index is -0.336. The summed E-state index contributed by atoms with van der Waals surface area (Å²) in [5.74, 6) is 0.199. The van der Waals surface area contributed by atoms with Crippen molar-refractivity contribution in [3.8, 4) is 0 Å². The number of alkyl carbamates (subject to hydrolysis) is 1. The van der Waals surface area contributed by atoms with E-state index in [1.54, 1.807) is 0 Å². The Morgan fingerprint density at radius 1 is 1.20 bits per heavy atom. The van der Waals surface area contributed by atoms with Crippen molar-refractivity contribution in [3.05, 3.63) is 35.4 Å². The van der Waals surface area contributed by atoms with Gasteiger partial charge < -0.3 is 15.0 Å². The fourth-order valence-electron chi connectivity index (χ4n) is 2.95. The van der Waals surface area contributed by atoms with Crippen molar-refractivity contribution in [1.29, 1.82) is 0 Å². The van der Waals surface area contributed by atoms with Crippen LogP contribution in [0, 0.1) is 6.92 Å². The molecule has 0 bridgehead atoms. The van der Waals surface area contributed by atoms with E-state index < -0.39 is 0 Å². The van der Waals surface area contributed by atoms with Crippen LogP contribution in [0.1, 0.15) is 50.2 Å². The molecule has 1 aliphatic heterocycles. The summed E-state index contributed by atoms with van der Waals surface area (Å²) in [5.41, 5.74) is 2.43. The van der Waals surface area contributed by atoms with Crippen LogP contribution in [0.5, 0.6) is 0 Å². The predicted octanol–water partition coefficient (Wildman–Crippen LogP) is 3.44. The summed E-state index contributed by atoms with van der Waals surface area (Å²) in [6, 6.07) is 8.44. The molecule has 0 aromatic heterocycles. The first-order valence-corrected chi connectivity index (χ1v) is 9.35. The molecule has 0 atom stereocenters. The largest absolute Gasteiger partial charge is 0.450 e. The smallest absolute Gasteiger partial charge is 0.407 e. The Kier molecular flexibility index (Phi) is 7.76. The zero-order chi connectivity index (χ0) is 18.1. The second kappa shape index (κ2) is 10.1. The molecule has 2 rings (SSSR count). The number of amides is 2. The van der Waals surface area contributed by atoms with Gasteiger partial charge in [-0.15, -0.1) is 0 Å². The Hall–Kier alpha value is -2.04. The molecule has 1 fully saturated rings. The molecule has 5 nitrogen and oxygen atoms in total. The molecule has 5 heteroatoms. The van der Waals surface area contributed by atoms with Gasteiger partial charge in [-0.25, -0.2) is 4.79 Å². The van der Waals surface area contributed by atoms with Crippen LogP contribution in [0.15, 0.2) is 24.3 Å². The number of aryl methyl sites for hydroxylation is 2. The monoisotopic (exact) mass is 346 g/mol. The number of hydrogen-bond acceptors (Lipinski definition) is 3. The van der Waals surface area contributed by atoms with E-state index in [4.69, 9.17) is 4.74 Å². The number of benzene rings is 1. The van der Waals surface area contributed by atoms with Gasteiger partial charge in [0, 0.05) is 25.6 Å². The van der Waals surface area contributed by atoms with Crippen LogP contribution in [0.4, 0.5) is 4.79 Å². The van der Waals surface area contributed by atoms with E-state index in [0.29, 0.717) is 26.1 Å². The minimum absolute atomic E-state index is 0.107. The van der Waals surface area contributed by atoms with E-state index in [2.05, 4.69) is 43.4 Å². The van der Waals surface area contributed by atoms with Gasteiger partial charge in [-0.05, 0) is 38.2 Å². The number of nitrogens with zero attached hydrogens (tertiary/aromatic N) is 1. The number of unbranched alkanes of at least 4 members (excludes halogenated alkanes) is 1. The molecule has 0 aliphatic carbocycles. The van der Waals surface area contributed by atoms with E-state index in [0.717, 1.165) is 32.1 Å². The second-order valence-corrected chi connectivity index (χ2v) is 6.77. The Morgan fingerprint density at radius 3 is 2.52 bits per heavy atom. The first-order valence-electron chi connectivity index (χ1n) is 9.35. The van der Waals surface area contributed by atoms with Crippen molar-refractivity contribution >= 4 is 12.0 Å². The van der Waals surface area contributed by atoms with Gasteiger partial charge in [-0.3, -0.25) is 4.79 Å². The Bertz CT molecular complexity index is 549. The second-order valence-electron chi connectivity index (χ2n) is 6.77. The van der Waals surface area contributed by atoms with Gasteiger partial charge >= 0.3 is 6.09 Å². The van der Waals surface area contributed by atoms with Crippen LogP contribution in [0.2, 0.25) is 0 Å². The summed E-state index contributed by atoms with van der Waals surface area (Å²) in [6.45, 7) is 6.00. The minimum Gasteiger partial charge on any atom is -0.450 e. The maximum absolute atomic E-state index is 12.4. The maximum atomic E-state index is 12.4. The van der Waals surface area contributed by atoms with E-state index in [1.807, 2.05) is 4.90 Å². The Morgan fingerprint density at radius 2 is 1.88 bits per heavy atom. The Labute approximate surface area is 150 Å². The van der Waals surface area contributed by atoms with Crippen molar-refractivity contribution < 1.29 is 14.3 Å². The number of hydrogen-bond donors (Lipinski definition) is 1. The van der Waals surface area contributed by atoms with Crippen LogP contribution in [-0.2, 0) is 16.0 Å². The highest BCUT2D eigenvalue weighted by atomic mass is 16.5. The number of nitrogens with one attached hydrogen (secondary N) is 1. The third-order valence-electron chi connectivity index (χ3n) is 4.65. The van der Waals surface area contributed by atoms with Crippen LogP contribution >= 0.6 is 0 Å². The van der Waals surface area contributed by atoms with Gasteiger partial charge in [0.2, 0.25) is 5.91 Å². The zero-order valence-corrected chi connectivity index (χ0v) is 15.4. The average molecular weight is 346 g/mol. The molecular formula is C20H30N2O3. The van der Waals surface area contributed by atoms with Crippen molar-refractivity contribution in [2.75, 3.05) is 19.7 Å². The highest BCUT2D eigenvalue weighted by Gasteiger charge is 2.23. The molecule has 0 radical (unpaired) electrons. The zero-order valence-electron chi connectivity index (χ0n) is 15.4. The van der Waals surface area contributed by atoms with Crippen LogP contribution in [0.3, 0.4) is 0 Å². The highest BCUT2D eigenvalue weighted by molar-refractivity contribution is 5.76. The van der Waals surface area contributed by atoms with Gasteiger partial charge in [0.25, 0.3) is 0 Å². The lowest BCUT2D eigenvalue weighted by Crippen LogP contribution is -2.46. The van der Waals surface area contributed by atoms with Crippen molar-refractivity contribution in [2.24, 2.45) is 0 Å². The molecule has 2 amide bonds. The van der Waals surface area contributed by atoms with Crippen molar-refractivity contribution in [1.82, 2.24) is 10.2 Å². The summed E-state index contributed by atoms with van der Waals surface area (Å²) < 4.78 is 5.12. The molecule has 138 valence electrons. The molecule has 1 aromatic carbocycles. The molecule has 1 N–H and O–H groups in total. The van der Waals surface area contributed by atoms with Crippen LogP contribution in [0.25, 0.3) is 0 Å². The average Bonchev–Trinajstić information content (AvgIpc) is 2.62. The number of carbonyl (C=O) groups is 2. The summed E-state index contributed by atoms with van der Waals surface area (Å²) in [4.78, 5) is 25.9. The van der Waals surface area contributed by atoms with Crippen molar-refractivity contribution in [3.63, 3.8) is 0 Å². The lowest BCUT2D eigenvalue weighted by molar-refractivity contribution is -0.132. The standard InChI is InChI=1S/C20H30N2O3/c1-3-4-15-25-20(24)21-18-11-13-22(14-12-18)19(23)10-9-17-7-5-16(2)6-8-17/h5-8,18H,3-4,9-15H2,1-2H3,(H,21,24). The first-order chi connectivity index (χ1) is 12.1. The summed E-state index contributed by atoms with van der Waals surface area (Å²) >= 11 is 0. The normalized spacial score (nSPS) is 15.0. The summed E-state index contributed by atoms with van der Waals surface area (Å²) in [7, 11) is 0. The summed E-state index contributed by atoms with van der Waals surface area (Å²) in [6.07, 6.45) is 4.47. The van der Waals surface area contributed by atoms with Crippen LogP contribution < -0.4 is 5.32 Å². The topological polar surface area (TPSA) is 58.6 Å². The van der Waals surface area contributed by atoms with Gasteiger partial charge in [0.15, 0.2) is 0 Å². The summed E-state index contributed by atoms with van der Waals surface area (Å²) in [5, 5.41) is 2.90. The molecule has 25 heavy (non-hydrogen) atoms. The molecule has 0 spiro atoms. The predicted molar refractivity (Wildman–Crippen MR) is 98.5 cm³/mol. The Balaban J connectivity index is 1.66. The number of carbonyl (C=O) groups excluding carboxylic acids is 2. The van der Waals surface area contributed by atoms with E-state index in [-0.39, 0.29) is 18.0 Å². The fraction of sp³-hybridized carbons (Fsp3) is 0.600. The van der Waals surface area contributed by atoms with E-state index >= 15 is 0 Å². The molecule has 1 aromatic rings. The molecule has 1 saturated heterocycles. The number of ether oxygens (including phenoxy) is 1. The van der Waals surface area contributed by atoms with Gasteiger partial charge in [-0.1, -0.05) is 43.2 Å². The number of rotatable bonds is 7. The lowest BCUT2D eigenvalue weighted by Gasteiger charge is -2.32. The molecule has 0 unspecified atom stereocenters. The van der Waals surface area contributed by atoms with Gasteiger partial charge in [0.05, 0.1) is 6.61 Å². The third-order valence-corrected chi connectivity index (χ3v) is 4.65. The molecular weight excluding hydrogens is 316 g/mol. The van der Waals surface area contributed by atoms with Crippen LogP contribution in [-0.4, -0.2) is 42.6 Å². The van der Waals surface area contributed by atoms with Gasteiger partial charge in [-0.2, -0.15) is 0 Å². The van der Waals surface area contributed by atoms with Crippen molar-refractivity contribution in [2.45, 2.75) is 58.4 Å². The molecule has 1 aliphatic rings. The van der Waals surface area contributed by atoms with E-state index in [9.17, 15) is 9.59 Å². The third kappa shape index (κ3) is 6.77. The first kappa shape index (κ1) is 19.3. The van der Waals surface area contributed by atoms with Gasteiger partial charge in [0.1, 0.15) is 0 Å². The molecule has 1 heterocycles. The quantitative estimate of drug-likeness (QED) is 0.769. The lowest BCUT2D eigenvalue weighted by atomic mass is 10.0.